The Kier molecular flexibility index (Phi) is 11.2. The summed E-state index contributed by atoms with van der Waals surface area (Å²) >= 11 is 0. The number of carbonyl (C=O) groups excluding carboxylic acids is 1. The van der Waals surface area contributed by atoms with E-state index in [1.54, 1.807) is 17.7 Å². The molecule has 0 spiro atoms. The Morgan fingerprint density at radius 3 is 2.54 bits per heavy atom. The number of hydrogen-bond donors (Lipinski definition) is 3. The predicted molar refractivity (Wildman–Crippen MR) is 206 cm³/mol. The summed E-state index contributed by atoms with van der Waals surface area (Å²) in [5.41, 5.74) is 11.4. The molecule has 7 aliphatic rings. The Morgan fingerprint density at radius 1 is 1.08 bits per heavy atom. The smallest absolute Gasteiger partial charge is 0.277 e. The SMILES string of the molecule is CC1=C(CC(=O)C2CCC2C(C)C)C(C2=CC([N+](=O)[O-])=CCC=C2)C(=C(O)C2CC(C3CN(C(CC4CC=CCC4)C4=CCCCC4)C3)C2)C(N)=[NH+]1. The van der Waals surface area contributed by atoms with Crippen molar-refractivity contribution in [3.05, 3.63) is 92.1 Å². The molecule has 280 valence electrons. The van der Waals surface area contributed by atoms with Crippen molar-refractivity contribution in [2.45, 2.75) is 117 Å². The molecule has 0 aromatic rings. The van der Waals surface area contributed by atoms with Gasteiger partial charge in [0.2, 0.25) is 0 Å². The fraction of sp³-hybridized carbons (Fsp3) is 0.636. The van der Waals surface area contributed by atoms with Gasteiger partial charge < -0.3 is 5.11 Å². The highest BCUT2D eigenvalue weighted by molar-refractivity contribution is 5.96. The molecule has 8 nitrogen and oxygen atoms in total. The van der Waals surface area contributed by atoms with Gasteiger partial charge in [0.25, 0.3) is 11.5 Å². The third-order valence-corrected chi connectivity index (χ3v) is 13.9. The Bertz CT molecular complexity index is 1660. The number of rotatable bonds is 12. The molecular weight excluding hydrogens is 649 g/mol. The van der Waals surface area contributed by atoms with E-state index in [1.165, 1.54) is 51.4 Å². The van der Waals surface area contributed by atoms with Gasteiger partial charge in [-0.15, -0.1) is 0 Å². The lowest BCUT2D eigenvalue weighted by atomic mass is 9.63. The Labute approximate surface area is 310 Å². The lowest BCUT2D eigenvalue weighted by Crippen LogP contribution is -2.76. The van der Waals surface area contributed by atoms with Crippen molar-refractivity contribution < 1.29 is 19.8 Å². The van der Waals surface area contributed by atoms with Crippen LogP contribution in [0.2, 0.25) is 0 Å². The number of nitro groups is 1. The molecule has 2 aliphatic heterocycles. The number of nitrogens with one attached hydrogen (secondary N) is 1. The average Bonchev–Trinajstić information content (AvgIpc) is 3.32. The molecule has 5 unspecified atom stereocenters. The number of hydrogen-bond acceptors (Lipinski definition) is 6. The van der Waals surface area contributed by atoms with E-state index < -0.39 is 5.92 Å². The van der Waals surface area contributed by atoms with Crippen LogP contribution in [0.4, 0.5) is 0 Å². The highest BCUT2D eigenvalue weighted by Crippen LogP contribution is 2.49. The van der Waals surface area contributed by atoms with E-state index in [-0.39, 0.29) is 40.4 Å². The van der Waals surface area contributed by atoms with Gasteiger partial charge in [0.15, 0.2) is 0 Å². The van der Waals surface area contributed by atoms with Crippen LogP contribution in [0.3, 0.4) is 0 Å². The summed E-state index contributed by atoms with van der Waals surface area (Å²) in [4.78, 5) is 31.6. The van der Waals surface area contributed by atoms with Crippen LogP contribution in [0.15, 0.2) is 82.0 Å². The van der Waals surface area contributed by atoms with E-state index in [2.05, 4.69) is 42.0 Å². The van der Waals surface area contributed by atoms with Crippen molar-refractivity contribution >= 4 is 11.6 Å². The molecule has 4 N–H and O–H groups in total. The molecule has 52 heavy (non-hydrogen) atoms. The van der Waals surface area contributed by atoms with E-state index in [1.807, 2.05) is 19.1 Å². The second-order valence-electron chi connectivity index (χ2n) is 17.4. The van der Waals surface area contributed by atoms with Crippen molar-refractivity contribution in [2.24, 2.45) is 53.1 Å². The number of carbonyl (C=O) groups is 1. The number of aliphatic hydroxyl groups excluding tert-OH is 1. The molecule has 0 bridgehead atoms. The maximum Gasteiger partial charge on any atom is 0.277 e. The van der Waals surface area contributed by atoms with Gasteiger partial charge in [-0.3, -0.25) is 25.5 Å². The zero-order valence-corrected chi connectivity index (χ0v) is 31.7. The van der Waals surface area contributed by atoms with Crippen LogP contribution in [0.5, 0.6) is 0 Å². The highest BCUT2D eigenvalue weighted by Gasteiger charge is 2.48. The molecule has 2 saturated carbocycles. The molecule has 2 heterocycles. The second kappa shape index (κ2) is 15.8. The van der Waals surface area contributed by atoms with Gasteiger partial charge in [-0.1, -0.05) is 49.8 Å². The summed E-state index contributed by atoms with van der Waals surface area (Å²) < 4.78 is 0. The number of ketones is 1. The number of nitrogens with two attached hydrogens (primary N) is 1. The van der Waals surface area contributed by atoms with Gasteiger partial charge in [-0.05, 0) is 137 Å². The number of amidine groups is 1. The van der Waals surface area contributed by atoms with Crippen molar-refractivity contribution in [1.29, 1.82) is 0 Å². The minimum absolute atomic E-state index is 0.0176. The van der Waals surface area contributed by atoms with Crippen LogP contribution in [-0.2, 0) is 4.79 Å². The number of aliphatic hydroxyl groups is 1. The summed E-state index contributed by atoms with van der Waals surface area (Å²) in [5.74, 6) is 3.17. The van der Waals surface area contributed by atoms with Crippen molar-refractivity contribution in [1.82, 2.24) is 4.90 Å². The first-order chi connectivity index (χ1) is 25.1. The maximum atomic E-state index is 13.9. The normalized spacial score (nSPS) is 32.8. The zero-order chi connectivity index (χ0) is 36.5. The minimum atomic E-state index is -0.530. The number of allylic oxidation sites excluding steroid dienone is 11. The van der Waals surface area contributed by atoms with Gasteiger partial charge in [0.1, 0.15) is 11.5 Å². The fourth-order valence-corrected chi connectivity index (χ4v) is 10.5. The summed E-state index contributed by atoms with van der Waals surface area (Å²) in [6, 6.07) is 0.578. The van der Waals surface area contributed by atoms with Crippen molar-refractivity contribution in [2.75, 3.05) is 13.1 Å². The minimum Gasteiger partial charge on any atom is -0.511 e. The lowest BCUT2D eigenvalue weighted by molar-refractivity contribution is -0.419. The second-order valence-corrected chi connectivity index (χ2v) is 17.4. The molecule has 5 atom stereocenters. The molecule has 0 amide bonds. The van der Waals surface area contributed by atoms with Gasteiger partial charge in [0.05, 0.1) is 16.2 Å². The Balaban J connectivity index is 1.09. The van der Waals surface area contributed by atoms with Gasteiger partial charge in [-0.2, -0.15) is 0 Å². The lowest BCUT2D eigenvalue weighted by Gasteiger charge is -2.53. The van der Waals surface area contributed by atoms with Crippen LogP contribution < -0.4 is 10.7 Å². The van der Waals surface area contributed by atoms with Gasteiger partial charge in [0, 0.05) is 49.4 Å². The third-order valence-electron chi connectivity index (χ3n) is 13.9. The van der Waals surface area contributed by atoms with E-state index in [0.717, 1.165) is 56.0 Å². The standard InChI is InChI=1S/C44H60N4O4/c1-27(2)36-18-19-37(36)40(49)24-38-28(3)46-44(45)42(41(38)31-16-10-11-17-35(23-31)48(51)52)43(50)33-21-32(22-33)34-25-47(26-34)39(30-14-8-5-9-15-30)20-29-12-6-4-7-13-29/h4,6,10,14,16-17,23,27,29,32-34,36-37,39,41,50H,5,7-9,11-13,15,18-22,24-26H2,1-3H3,(H2,45,46)/p+1. The average molecular weight is 710 g/mol. The molecule has 8 heteroatoms. The summed E-state index contributed by atoms with van der Waals surface area (Å²) in [7, 11) is 0. The zero-order valence-electron chi connectivity index (χ0n) is 31.7. The van der Waals surface area contributed by atoms with Crippen LogP contribution >= 0.6 is 0 Å². The molecule has 0 aromatic heterocycles. The quantitative estimate of drug-likeness (QED) is 0.0840. The van der Waals surface area contributed by atoms with E-state index in [4.69, 9.17) is 5.73 Å². The topological polar surface area (TPSA) is 124 Å². The molecule has 0 aromatic carbocycles. The Hall–Kier alpha value is -3.52. The third kappa shape index (κ3) is 7.60. The molecule has 1 saturated heterocycles. The largest absolute Gasteiger partial charge is 0.511 e. The van der Waals surface area contributed by atoms with E-state index in [9.17, 15) is 20.0 Å². The maximum absolute atomic E-state index is 13.9. The summed E-state index contributed by atoms with van der Waals surface area (Å²) in [6.45, 7) is 8.59. The molecule has 0 radical (unpaired) electrons. The highest BCUT2D eigenvalue weighted by atomic mass is 16.6. The van der Waals surface area contributed by atoms with Crippen LogP contribution in [0, 0.1) is 57.5 Å². The van der Waals surface area contributed by atoms with Crippen molar-refractivity contribution in [3.8, 4) is 0 Å². The molecule has 3 fully saturated rings. The Morgan fingerprint density at radius 2 is 1.88 bits per heavy atom. The summed E-state index contributed by atoms with van der Waals surface area (Å²) in [5, 5.41) is 24.1. The fourth-order valence-electron chi connectivity index (χ4n) is 10.5. The van der Waals surface area contributed by atoms with Crippen LogP contribution in [-0.4, -0.2) is 45.7 Å². The van der Waals surface area contributed by atoms with E-state index >= 15 is 0 Å². The molecular formula is C44H61N4O4+. The first-order valence-corrected chi connectivity index (χ1v) is 20.4. The first kappa shape index (κ1) is 36.8. The van der Waals surface area contributed by atoms with Crippen LogP contribution in [0.1, 0.15) is 111 Å². The number of likely N-dealkylation sites (tertiary alicyclic amines) is 1. The van der Waals surface area contributed by atoms with Gasteiger partial charge >= 0.3 is 0 Å². The molecule has 7 rings (SSSR count). The predicted octanol–water partition coefficient (Wildman–Crippen LogP) is 7.40. The van der Waals surface area contributed by atoms with Crippen molar-refractivity contribution in [3.63, 3.8) is 0 Å². The number of nitrogens with zero attached hydrogens (tertiary/aromatic N) is 2. The summed E-state index contributed by atoms with van der Waals surface area (Å²) in [6.07, 6.45) is 29.0. The van der Waals surface area contributed by atoms with Crippen LogP contribution in [0.25, 0.3) is 0 Å². The van der Waals surface area contributed by atoms with Gasteiger partial charge in [-0.25, -0.2) is 4.99 Å². The van der Waals surface area contributed by atoms with E-state index in [0.29, 0.717) is 53.1 Å². The number of Topliss-reactive ketones (excluding diaryl/α,β-unsaturated/α-hetero) is 1. The molecule has 5 aliphatic carbocycles. The first-order valence-electron chi connectivity index (χ1n) is 20.4. The monoisotopic (exact) mass is 709 g/mol.